The van der Waals surface area contributed by atoms with Crippen LogP contribution in [-0.2, 0) is 29.5 Å². The summed E-state index contributed by atoms with van der Waals surface area (Å²) < 4.78 is 54.9. The third-order valence-corrected chi connectivity index (χ3v) is 5.15. The van der Waals surface area contributed by atoms with Crippen molar-refractivity contribution in [3.63, 3.8) is 0 Å². The molecule has 0 bridgehead atoms. The van der Waals surface area contributed by atoms with Crippen molar-refractivity contribution in [2.75, 3.05) is 13.2 Å². The van der Waals surface area contributed by atoms with E-state index < -0.39 is 30.3 Å². The van der Waals surface area contributed by atoms with Crippen molar-refractivity contribution >= 4 is 5.97 Å². The Kier molecular flexibility index (Phi) is 11.0. The van der Waals surface area contributed by atoms with Crippen LogP contribution in [0.2, 0.25) is 0 Å². The van der Waals surface area contributed by atoms with Crippen LogP contribution in [-0.4, -0.2) is 45.8 Å². The summed E-state index contributed by atoms with van der Waals surface area (Å²) in [7, 11) is 1.31. The normalized spacial score (nSPS) is 12.3. The Hall–Kier alpha value is -3.31. The highest BCUT2D eigenvalue weighted by atomic mass is 19.4. The fourth-order valence-electron chi connectivity index (χ4n) is 3.24. The summed E-state index contributed by atoms with van der Waals surface area (Å²) >= 11 is 0. The number of aryl methyl sites for hydroxylation is 2. The van der Waals surface area contributed by atoms with Crippen LogP contribution in [0.3, 0.4) is 0 Å². The Labute approximate surface area is 206 Å². The van der Waals surface area contributed by atoms with Gasteiger partial charge in [0.1, 0.15) is 18.5 Å². The van der Waals surface area contributed by atoms with E-state index in [1.54, 1.807) is 6.92 Å². The molecule has 0 spiro atoms. The van der Waals surface area contributed by atoms with Gasteiger partial charge < -0.3 is 14.2 Å². The number of unbranched alkanes of at least 4 members (excludes halogenated alkanes) is 1. The highest BCUT2D eigenvalue weighted by Gasteiger charge is 2.26. The average Bonchev–Trinajstić information content (AvgIpc) is 2.82. The lowest BCUT2D eigenvalue weighted by Gasteiger charge is -2.15. The van der Waals surface area contributed by atoms with Crippen molar-refractivity contribution in [2.45, 2.75) is 71.2 Å². The molecule has 0 saturated heterocycles. The summed E-state index contributed by atoms with van der Waals surface area (Å²) in [5.74, 6) is 0.0715. The SMILES string of the molecule is CCC(=O)OCC(C)Oc1ccc(CCCCOc2nn(C)c(=O)n(CCCC(F)(F)F)c2=O)cc1. The highest BCUT2D eigenvalue weighted by Crippen LogP contribution is 2.21. The summed E-state index contributed by atoms with van der Waals surface area (Å²) in [6.45, 7) is 3.51. The number of carbonyl (C=O) groups is 1. The van der Waals surface area contributed by atoms with E-state index in [4.69, 9.17) is 14.2 Å². The molecule has 1 aromatic carbocycles. The molecular formula is C24H32F3N3O6. The number of alkyl halides is 3. The number of hydrogen-bond donors (Lipinski definition) is 0. The molecule has 2 rings (SSSR count). The smallest absolute Gasteiger partial charge is 0.389 e. The van der Waals surface area contributed by atoms with Gasteiger partial charge in [-0.1, -0.05) is 19.1 Å². The number of carbonyl (C=O) groups excluding carboxylic acids is 1. The second-order valence-corrected chi connectivity index (χ2v) is 8.30. The van der Waals surface area contributed by atoms with Crippen molar-refractivity contribution in [1.82, 2.24) is 14.3 Å². The molecule has 0 aliphatic heterocycles. The highest BCUT2D eigenvalue weighted by molar-refractivity contribution is 5.68. The second-order valence-electron chi connectivity index (χ2n) is 8.30. The Morgan fingerprint density at radius 2 is 1.81 bits per heavy atom. The molecule has 1 unspecified atom stereocenters. The van der Waals surface area contributed by atoms with Crippen LogP contribution in [0.15, 0.2) is 33.9 Å². The van der Waals surface area contributed by atoms with E-state index in [9.17, 15) is 27.6 Å². The first-order valence-electron chi connectivity index (χ1n) is 11.8. The van der Waals surface area contributed by atoms with E-state index in [0.29, 0.717) is 23.2 Å². The van der Waals surface area contributed by atoms with E-state index in [1.165, 1.54) is 7.05 Å². The Bertz CT molecular complexity index is 1100. The van der Waals surface area contributed by atoms with Crippen LogP contribution in [0.5, 0.6) is 11.6 Å². The average molecular weight is 516 g/mol. The molecule has 0 N–H and O–H groups in total. The zero-order chi connectivity index (χ0) is 26.7. The standard InChI is InChI=1S/C24H32F3N3O6/c1-4-20(31)35-16-17(2)36-19-11-9-18(10-12-19)8-5-6-15-34-21-22(32)30(23(33)29(3)28-21)14-7-13-24(25,26)27/h9-12,17H,4-8,13-16H2,1-3H3. The summed E-state index contributed by atoms with van der Waals surface area (Å²) in [5, 5.41) is 3.79. The van der Waals surface area contributed by atoms with Gasteiger partial charge >= 0.3 is 23.4 Å². The fourth-order valence-corrected chi connectivity index (χ4v) is 3.24. The van der Waals surface area contributed by atoms with Gasteiger partial charge in [0.05, 0.1) is 6.61 Å². The molecular weight excluding hydrogens is 483 g/mol. The number of rotatable bonds is 14. The van der Waals surface area contributed by atoms with Gasteiger partial charge in [0.25, 0.3) is 5.88 Å². The fraction of sp³-hybridized carbons (Fsp3) is 0.583. The van der Waals surface area contributed by atoms with Gasteiger partial charge in [-0.3, -0.25) is 14.2 Å². The summed E-state index contributed by atoms with van der Waals surface area (Å²) in [4.78, 5) is 35.7. The van der Waals surface area contributed by atoms with Crippen LogP contribution in [0.25, 0.3) is 0 Å². The summed E-state index contributed by atoms with van der Waals surface area (Å²) in [5.41, 5.74) is -0.562. The molecule has 9 nitrogen and oxygen atoms in total. The van der Waals surface area contributed by atoms with E-state index in [-0.39, 0.29) is 37.7 Å². The topological polar surface area (TPSA) is 102 Å². The molecule has 0 radical (unpaired) electrons. The molecule has 12 heteroatoms. The lowest BCUT2D eigenvalue weighted by molar-refractivity contribution is -0.145. The van der Waals surface area contributed by atoms with Crippen LogP contribution < -0.4 is 20.7 Å². The minimum absolute atomic E-state index is 0.165. The van der Waals surface area contributed by atoms with Crippen LogP contribution in [0, 0.1) is 0 Å². The van der Waals surface area contributed by atoms with Crippen molar-refractivity contribution < 1.29 is 32.2 Å². The monoisotopic (exact) mass is 515 g/mol. The molecule has 0 aliphatic rings. The molecule has 1 aromatic heterocycles. The van der Waals surface area contributed by atoms with Gasteiger partial charge in [-0.2, -0.15) is 13.2 Å². The van der Waals surface area contributed by atoms with Gasteiger partial charge in [-0.15, -0.1) is 5.10 Å². The van der Waals surface area contributed by atoms with E-state index in [2.05, 4.69) is 5.10 Å². The van der Waals surface area contributed by atoms with Crippen LogP contribution in [0.1, 0.15) is 51.5 Å². The molecule has 0 amide bonds. The first-order chi connectivity index (χ1) is 17.0. The zero-order valence-electron chi connectivity index (χ0n) is 20.7. The molecule has 0 fully saturated rings. The molecule has 1 atom stereocenters. The molecule has 0 aliphatic carbocycles. The van der Waals surface area contributed by atoms with E-state index in [0.717, 1.165) is 23.1 Å². The third-order valence-electron chi connectivity index (χ3n) is 5.15. The lowest BCUT2D eigenvalue weighted by atomic mass is 10.1. The van der Waals surface area contributed by atoms with Crippen molar-refractivity contribution in [2.24, 2.45) is 7.05 Å². The number of halogens is 3. The van der Waals surface area contributed by atoms with Gasteiger partial charge in [-0.25, -0.2) is 9.48 Å². The number of hydrogen-bond acceptors (Lipinski definition) is 7. The second kappa shape index (κ2) is 13.7. The van der Waals surface area contributed by atoms with Crippen molar-refractivity contribution in [3.05, 3.63) is 50.7 Å². The first kappa shape index (κ1) is 28.9. The molecule has 0 saturated carbocycles. The van der Waals surface area contributed by atoms with Crippen LogP contribution in [0.4, 0.5) is 13.2 Å². The van der Waals surface area contributed by atoms with Gasteiger partial charge in [0, 0.05) is 26.4 Å². The quantitative estimate of drug-likeness (QED) is 0.281. The first-order valence-corrected chi connectivity index (χ1v) is 11.8. The molecule has 2 aromatic rings. The maximum absolute atomic E-state index is 12.4. The number of aromatic nitrogens is 3. The minimum Gasteiger partial charge on any atom is -0.487 e. The van der Waals surface area contributed by atoms with Crippen molar-refractivity contribution in [3.8, 4) is 11.6 Å². The molecule has 36 heavy (non-hydrogen) atoms. The van der Waals surface area contributed by atoms with E-state index >= 15 is 0 Å². The summed E-state index contributed by atoms with van der Waals surface area (Å²) in [6.07, 6.45) is -3.72. The van der Waals surface area contributed by atoms with Gasteiger partial charge in [0.2, 0.25) is 0 Å². The predicted octanol–water partition coefficient (Wildman–Crippen LogP) is 3.41. The number of ether oxygens (including phenoxy) is 3. The summed E-state index contributed by atoms with van der Waals surface area (Å²) in [6, 6.07) is 7.52. The van der Waals surface area contributed by atoms with Crippen molar-refractivity contribution in [1.29, 1.82) is 0 Å². The minimum atomic E-state index is -4.36. The largest absolute Gasteiger partial charge is 0.487 e. The Balaban J connectivity index is 1.79. The maximum atomic E-state index is 12.4. The van der Waals surface area contributed by atoms with E-state index in [1.807, 2.05) is 31.2 Å². The Morgan fingerprint density at radius 3 is 2.44 bits per heavy atom. The lowest BCUT2D eigenvalue weighted by Crippen LogP contribution is -2.41. The number of nitrogens with zero attached hydrogens (tertiary/aromatic N) is 3. The number of benzene rings is 1. The van der Waals surface area contributed by atoms with Gasteiger partial charge in [-0.05, 0) is 50.3 Å². The molecule has 1 heterocycles. The third kappa shape index (κ3) is 9.74. The van der Waals surface area contributed by atoms with Gasteiger partial charge in [0.15, 0.2) is 0 Å². The Morgan fingerprint density at radius 1 is 1.11 bits per heavy atom. The molecule has 200 valence electrons. The maximum Gasteiger partial charge on any atom is 0.389 e. The number of esters is 1. The predicted molar refractivity (Wildman–Crippen MR) is 125 cm³/mol. The zero-order valence-corrected chi connectivity index (χ0v) is 20.7. The van der Waals surface area contributed by atoms with Crippen LogP contribution >= 0.6 is 0 Å².